The van der Waals surface area contributed by atoms with Crippen LogP contribution >= 0.6 is 57.6 Å². The minimum atomic E-state index is -0.0863. The highest BCUT2D eigenvalue weighted by Gasteiger charge is 2.11. The first-order valence-corrected chi connectivity index (χ1v) is 10.6. The van der Waals surface area contributed by atoms with Crippen molar-refractivity contribution < 1.29 is 4.79 Å². The highest BCUT2D eigenvalue weighted by Crippen LogP contribution is 2.32. The van der Waals surface area contributed by atoms with E-state index in [1.165, 1.54) is 34.4 Å². The Hall–Kier alpha value is -1.19. The van der Waals surface area contributed by atoms with Crippen molar-refractivity contribution in [3.8, 4) is 11.3 Å². The van der Waals surface area contributed by atoms with Crippen LogP contribution in [0.3, 0.4) is 0 Å². The van der Waals surface area contributed by atoms with Gasteiger partial charge in [0.15, 0.2) is 9.47 Å². The summed E-state index contributed by atoms with van der Waals surface area (Å²) in [6, 6.07) is 5.24. The Labute approximate surface area is 166 Å². The van der Waals surface area contributed by atoms with Gasteiger partial charge in [-0.3, -0.25) is 4.79 Å². The zero-order valence-electron chi connectivity index (χ0n) is 13.0. The summed E-state index contributed by atoms with van der Waals surface area (Å²) in [5.74, 6) is 0.554. The van der Waals surface area contributed by atoms with Crippen molar-refractivity contribution in [3.05, 3.63) is 38.6 Å². The lowest BCUT2D eigenvalue weighted by Gasteiger charge is -2.02. The standard InChI is InChI=1S/C15H12Cl2N4OS3/c1-8-20-21-15(25-8)23-5-4-13(22)19-14-18-12(7-24-14)10-3-2-9(16)6-11(10)17/h2-3,6-7H,4-5H2,1H3,(H,18,19,22). The second-order valence-corrected chi connectivity index (χ2v) is 9.12. The summed E-state index contributed by atoms with van der Waals surface area (Å²) in [6.07, 6.45) is 0.375. The van der Waals surface area contributed by atoms with Crippen molar-refractivity contribution in [2.75, 3.05) is 11.1 Å². The van der Waals surface area contributed by atoms with E-state index in [1.807, 2.05) is 18.4 Å². The third-order valence-electron chi connectivity index (χ3n) is 3.02. The first-order valence-electron chi connectivity index (χ1n) is 7.15. The topological polar surface area (TPSA) is 67.8 Å². The van der Waals surface area contributed by atoms with E-state index >= 15 is 0 Å². The zero-order valence-corrected chi connectivity index (χ0v) is 16.9. The molecule has 2 aromatic heterocycles. The first-order chi connectivity index (χ1) is 12.0. The molecule has 10 heteroatoms. The zero-order chi connectivity index (χ0) is 17.8. The van der Waals surface area contributed by atoms with Gasteiger partial charge in [0, 0.05) is 28.1 Å². The van der Waals surface area contributed by atoms with E-state index in [1.54, 1.807) is 12.1 Å². The third-order valence-corrected chi connectivity index (χ3v) is 6.30. The van der Waals surface area contributed by atoms with Gasteiger partial charge in [-0.15, -0.1) is 21.5 Å². The molecule has 0 saturated heterocycles. The van der Waals surface area contributed by atoms with Crippen LogP contribution in [0.25, 0.3) is 11.3 Å². The quantitative estimate of drug-likeness (QED) is 0.530. The predicted molar refractivity (Wildman–Crippen MR) is 106 cm³/mol. The van der Waals surface area contributed by atoms with Crippen LogP contribution in [-0.2, 0) is 4.79 Å². The fourth-order valence-corrected chi connectivity index (χ4v) is 4.96. The molecule has 0 radical (unpaired) electrons. The number of anilines is 1. The van der Waals surface area contributed by atoms with Gasteiger partial charge in [0.05, 0.1) is 10.7 Å². The lowest BCUT2D eigenvalue weighted by atomic mass is 10.2. The molecule has 130 valence electrons. The molecule has 1 N–H and O–H groups in total. The smallest absolute Gasteiger partial charge is 0.226 e. The van der Waals surface area contributed by atoms with E-state index in [-0.39, 0.29) is 5.91 Å². The Morgan fingerprint density at radius 2 is 2.16 bits per heavy atom. The van der Waals surface area contributed by atoms with E-state index in [0.29, 0.717) is 33.0 Å². The van der Waals surface area contributed by atoms with Crippen molar-refractivity contribution >= 4 is 68.7 Å². The van der Waals surface area contributed by atoms with Crippen molar-refractivity contribution in [1.82, 2.24) is 15.2 Å². The molecule has 5 nitrogen and oxygen atoms in total. The van der Waals surface area contributed by atoms with Crippen LogP contribution in [0.5, 0.6) is 0 Å². The molecule has 0 aliphatic carbocycles. The van der Waals surface area contributed by atoms with Crippen molar-refractivity contribution in [2.45, 2.75) is 17.7 Å². The Balaban J connectivity index is 1.54. The summed E-state index contributed by atoms with van der Waals surface area (Å²) in [5, 5.41) is 15.2. The van der Waals surface area contributed by atoms with E-state index in [0.717, 1.165) is 14.9 Å². The second-order valence-electron chi connectivity index (χ2n) is 4.90. The Kier molecular flexibility index (Phi) is 6.29. The average Bonchev–Trinajstić information content (AvgIpc) is 3.16. The molecule has 0 aliphatic rings. The van der Waals surface area contributed by atoms with Crippen LogP contribution in [0.2, 0.25) is 10.0 Å². The number of hydrogen-bond donors (Lipinski definition) is 1. The van der Waals surface area contributed by atoms with Gasteiger partial charge < -0.3 is 5.32 Å². The molecule has 0 unspecified atom stereocenters. The molecule has 0 bridgehead atoms. The number of amides is 1. The largest absolute Gasteiger partial charge is 0.302 e. The van der Waals surface area contributed by atoms with Gasteiger partial charge in [0.25, 0.3) is 0 Å². The van der Waals surface area contributed by atoms with E-state index in [9.17, 15) is 4.79 Å². The number of rotatable bonds is 6. The molecule has 0 aliphatic heterocycles. The molecule has 3 rings (SSSR count). The summed E-state index contributed by atoms with van der Waals surface area (Å²) in [7, 11) is 0. The summed E-state index contributed by atoms with van der Waals surface area (Å²) in [4.78, 5) is 16.4. The number of nitrogens with zero attached hydrogens (tertiary/aromatic N) is 3. The van der Waals surface area contributed by atoms with Crippen molar-refractivity contribution in [2.24, 2.45) is 0 Å². The van der Waals surface area contributed by atoms with Crippen molar-refractivity contribution in [3.63, 3.8) is 0 Å². The maximum absolute atomic E-state index is 12.0. The number of benzene rings is 1. The number of thiazole rings is 1. The number of thioether (sulfide) groups is 1. The summed E-state index contributed by atoms with van der Waals surface area (Å²) >= 11 is 16.5. The van der Waals surface area contributed by atoms with Gasteiger partial charge in [-0.1, -0.05) is 46.3 Å². The van der Waals surface area contributed by atoms with E-state index < -0.39 is 0 Å². The van der Waals surface area contributed by atoms with Crippen LogP contribution in [0.4, 0.5) is 5.13 Å². The minimum Gasteiger partial charge on any atom is -0.302 e. The number of hydrogen-bond acceptors (Lipinski definition) is 7. The van der Waals surface area contributed by atoms with Gasteiger partial charge in [0.2, 0.25) is 5.91 Å². The molecule has 0 fully saturated rings. The van der Waals surface area contributed by atoms with Crippen LogP contribution in [0, 0.1) is 6.92 Å². The number of carbonyl (C=O) groups excluding carboxylic acids is 1. The van der Waals surface area contributed by atoms with Gasteiger partial charge in [-0.2, -0.15) is 0 Å². The fraction of sp³-hybridized carbons (Fsp3) is 0.200. The molecule has 1 amide bonds. The SMILES string of the molecule is Cc1nnc(SCCC(=O)Nc2nc(-c3ccc(Cl)cc3Cl)cs2)s1. The predicted octanol–water partition coefficient (Wildman–Crippen LogP) is 5.40. The lowest BCUT2D eigenvalue weighted by molar-refractivity contribution is -0.115. The van der Waals surface area contributed by atoms with Gasteiger partial charge in [-0.05, 0) is 25.1 Å². The van der Waals surface area contributed by atoms with Gasteiger partial charge in [0.1, 0.15) is 5.01 Å². The molecule has 3 aromatic rings. The van der Waals surface area contributed by atoms with E-state index in [4.69, 9.17) is 23.2 Å². The number of aromatic nitrogens is 3. The molecule has 0 atom stereocenters. The molecular formula is C15H12Cl2N4OS3. The molecular weight excluding hydrogens is 419 g/mol. The van der Waals surface area contributed by atoms with Crippen LogP contribution in [0.1, 0.15) is 11.4 Å². The number of carbonyl (C=O) groups is 1. The van der Waals surface area contributed by atoms with Gasteiger partial charge >= 0.3 is 0 Å². The van der Waals surface area contributed by atoms with Crippen LogP contribution in [-0.4, -0.2) is 26.8 Å². The first kappa shape index (κ1) is 18.6. The normalized spacial score (nSPS) is 10.8. The Bertz CT molecular complexity index is 897. The maximum Gasteiger partial charge on any atom is 0.226 e. The summed E-state index contributed by atoms with van der Waals surface area (Å²) < 4.78 is 0.874. The summed E-state index contributed by atoms with van der Waals surface area (Å²) in [5.41, 5.74) is 1.49. The maximum atomic E-state index is 12.0. The fourth-order valence-electron chi connectivity index (χ4n) is 1.90. The summed E-state index contributed by atoms with van der Waals surface area (Å²) in [6.45, 7) is 1.90. The monoisotopic (exact) mass is 430 g/mol. The highest BCUT2D eigenvalue weighted by molar-refractivity contribution is 8.01. The lowest BCUT2D eigenvalue weighted by Crippen LogP contribution is -2.11. The number of nitrogens with one attached hydrogen (secondary N) is 1. The second kappa shape index (κ2) is 8.46. The average molecular weight is 431 g/mol. The molecule has 25 heavy (non-hydrogen) atoms. The van der Waals surface area contributed by atoms with Crippen molar-refractivity contribution in [1.29, 1.82) is 0 Å². The third kappa shape index (κ3) is 5.15. The molecule has 1 aromatic carbocycles. The molecule has 2 heterocycles. The molecule has 0 saturated carbocycles. The molecule has 0 spiro atoms. The number of aryl methyl sites for hydroxylation is 1. The van der Waals surface area contributed by atoms with E-state index in [2.05, 4.69) is 20.5 Å². The minimum absolute atomic E-state index is 0.0863. The Morgan fingerprint density at radius 1 is 1.32 bits per heavy atom. The van der Waals surface area contributed by atoms with Gasteiger partial charge in [-0.25, -0.2) is 4.98 Å². The number of halogens is 2. The highest BCUT2D eigenvalue weighted by atomic mass is 35.5. The van der Waals surface area contributed by atoms with Crippen LogP contribution in [0.15, 0.2) is 27.9 Å². The van der Waals surface area contributed by atoms with Crippen LogP contribution < -0.4 is 5.32 Å². The Morgan fingerprint density at radius 3 is 2.88 bits per heavy atom.